The van der Waals surface area contributed by atoms with Crippen molar-refractivity contribution in [1.29, 1.82) is 0 Å². The normalized spacial score (nSPS) is 10.7. The van der Waals surface area contributed by atoms with Crippen LogP contribution in [0.3, 0.4) is 0 Å². The Morgan fingerprint density at radius 2 is 1.81 bits per heavy atom. The molecule has 4 aromatic rings. The van der Waals surface area contributed by atoms with Crippen molar-refractivity contribution in [2.75, 3.05) is 7.11 Å². The van der Waals surface area contributed by atoms with Crippen LogP contribution in [0.4, 0.5) is 4.39 Å². The number of H-pyrrole nitrogens is 1. The second kappa shape index (κ2) is 8.97. The molecular formula is C23H18ClFN4O2. The van der Waals surface area contributed by atoms with Gasteiger partial charge in [-0.15, -0.1) is 0 Å². The van der Waals surface area contributed by atoms with Crippen LogP contribution in [0.15, 0.2) is 66.9 Å². The third kappa shape index (κ3) is 4.90. The number of aromatic nitrogens is 3. The second-order valence-corrected chi connectivity index (χ2v) is 7.14. The summed E-state index contributed by atoms with van der Waals surface area (Å²) in [4.78, 5) is 24.0. The number of benzene rings is 2. The second-order valence-electron chi connectivity index (χ2n) is 6.75. The largest absolute Gasteiger partial charge is 0.481 e. The van der Waals surface area contributed by atoms with E-state index >= 15 is 0 Å². The lowest BCUT2D eigenvalue weighted by Gasteiger charge is -2.08. The molecule has 0 saturated carbocycles. The number of amides is 1. The SMILES string of the molecule is COc1cc(C(=O)NCc2ccc(-c3ncc(-c4ccc(F)cc4)[nH]3)cc2)cc(Cl)n1. The molecule has 0 atom stereocenters. The van der Waals surface area contributed by atoms with E-state index in [-0.39, 0.29) is 22.8 Å². The van der Waals surface area contributed by atoms with E-state index < -0.39 is 0 Å². The predicted octanol–water partition coefficient (Wildman–Crippen LogP) is 4.87. The van der Waals surface area contributed by atoms with Gasteiger partial charge in [-0.2, -0.15) is 0 Å². The van der Waals surface area contributed by atoms with E-state index in [1.807, 2.05) is 24.3 Å². The minimum Gasteiger partial charge on any atom is -0.481 e. The molecule has 31 heavy (non-hydrogen) atoms. The Morgan fingerprint density at radius 1 is 1.10 bits per heavy atom. The van der Waals surface area contributed by atoms with Crippen molar-refractivity contribution in [3.8, 4) is 28.5 Å². The molecule has 2 heterocycles. The first-order chi connectivity index (χ1) is 15.0. The number of hydrogen-bond donors (Lipinski definition) is 2. The number of aromatic amines is 1. The third-order valence-electron chi connectivity index (χ3n) is 4.65. The lowest BCUT2D eigenvalue weighted by atomic mass is 10.1. The first-order valence-corrected chi connectivity index (χ1v) is 9.79. The molecular weight excluding hydrogens is 419 g/mol. The maximum absolute atomic E-state index is 13.1. The number of nitrogens with zero attached hydrogens (tertiary/aromatic N) is 2. The maximum atomic E-state index is 13.1. The number of nitrogens with one attached hydrogen (secondary N) is 2. The topological polar surface area (TPSA) is 79.9 Å². The smallest absolute Gasteiger partial charge is 0.251 e. The fraction of sp³-hybridized carbons (Fsp3) is 0.0870. The fourth-order valence-electron chi connectivity index (χ4n) is 3.02. The van der Waals surface area contributed by atoms with Crippen molar-refractivity contribution in [2.24, 2.45) is 0 Å². The summed E-state index contributed by atoms with van der Waals surface area (Å²) in [6.45, 7) is 0.348. The van der Waals surface area contributed by atoms with Crippen molar-refractivity contribution in [2.45, 2.75) is 6.54 Å². The van der Waals surface area contributed by atoms with Gasteiger partial charge in [0, 0.05) is 23.7 Å². The van der Waals surface area contributed by atoms with Crippen molar-refractivity contribution in [3.63, 3.8) is 0 Å². The highest BCUT2D eigenvalue weighted by Gasteiger charge is 2.10. The molecule has 0 bridgehead atoms. The summed E-state index contributed by atoms with van der Waals surface area (Å²) in [6, 6.07) is 16.9. The van der Waals surface area contributed by atoms with Crippen molar-refractivity contribution < 1.29 is 13.9 Å². The molecule has 0 saturated heterocycles. The molecule has 4 rings (SSSR count). The molecule has 0 radical (unpaired) electrons. The Bertz CT molecular complexity index is 1210. The minimum absolute atomic E-state index is 0.187. The predicted molar refractivity (Wildman–Crippen MR) is 116 cm³/mol. The molecule has 156 valence electrons. The number of imidazole rings is 1. The van der Waals surface area contributed by atoms with E-state index in [1.54, 1.807) is 18.3 Å². The molecule has 0 aliphatic rings. The van der Waals surface area contributed by atoms with Gasteiger partial charge in [0.05, 0.1) is 19.0 Å². The van der Waals surface area contributed by atoms with Gasteiger partial charge in [-0.1, -0.05) is 35.9 Å². The van der Waals surface area contributed by atoms with Gasteiger partial charge >= 0.3 is 0 Å². The molecule has 1 amide bonds. The molecule has 0 aliphatic carbocycles. The summed E-state index contributed by atoms with van der Waals surface area (Å²) in [5.41, 5.74) is 3.85. The fourth-order valence-corrected chi connectivity index (χ4v) is 3.22. The Kier molecular flexibility index (Phi) is 5.95. The Morgan fingerprint density at radius 3 is 2.52 bits per heavy atom. The van der Waals surface area contributed by atoms with E-state index in [1.165, 1.54) is 31.4 Å². The number of carbonyl (C=O) groups excluding carboxylic acids is 1. The van der Waals surface area contributed by atoms with Gasteiger partial charge in [-0.05, 0) is 41.5 Å². The van der Waals surface area contributed by atoms with Crippen LogP contribution in [0.1, 0.15) is 15.9 Å². The average molecular weight is 437 g/mol. The van der Waals surface area contributed by atoms with Crippen molar-refractivity contribution >= 4 is 17.5 Å². The monoisotopic (exact) mass is 436 g/mol. The number of ether oxygens (including phenoxy) is 1. The number of carbonyl (C=O) groups is 1. The minimum atomic E-state index is -0.280. The van der Waals surface area contributed by atoms with Gasteiger partial charge in [-0.3, -0.25) is 4.79 Å². The molecule has 0 aliphatic heterocycles. The van der Waals surface area contributed by atoms with Crippen LogP contribution >= 0.6 is 11.6 Å². The van der Waals surface area contributed by atoms with Crippen LogP contribution in [0.25, 0.3) is 22.6 Å². The van der Waals surface area contributed by atoms with Gasteiger partial charge in [0.1, 0.15) is 16.8 Å². The van der Waals surface area contributed by atoms with Gasteiger partial charge < -0.3 is 15.0 Å². The molecule has 2 N–H and O–H groups in total. The van der Waals surface area contributed by atoms with E-state index in [2.05, 4.69) is 20.3 Å². The zero-order valence-electron chi connectivity index (χ0n) is 16.5. The molecule has 0 fully saturated rings. The van der Waals surface area contributed by atoms with E-state index in [0.29, 0.717) is 17.9 Å². The van der Waals surface area contributed by atoms with E-state index in [9.17, 15) is 9.18 Å². The summed E-state index contributed by atoms with van der Waals surface area (Å²) < 4.78 is 18.1. The van der Waals surface area contributed by atoms with E-state index in [0.717, 1.165) is 22.4 Å². The van der Waals surface area contributed by atoms with Crippen LogP contribution < -0.4 is 10.1 Å². The Hall–Kier alpha value is -3.71. The maximum Gasteiger partial charge on any atom is 0.251 e. The summed E-state index contributed by atoms with van der Waals surface area (Å²) in [5, 5.41) is 3.04. The Labute approximate surface area is 183 Å². The molecule has 6 nitrogen and oxygen atoms in total. The van der Waals surface area contributed by atoms with Crippen LogP contribution in [-0.4, -0.2) is 28.0 Å². The average Bonchev–Trinajstić information content (AvgIpc) is 3.28. The zero-order valence-corrected chi connectivity index (χ0v) is 17.3. The van der Waals surface area contributed by atoms with Gasteiger partial charge in [0.25, 0.3) is 5.91 Å². The lowest BCUT2D eigenvalue weighted by molar-refractivity contribution is 0.0950. The van der Waals surface area contributed by atoms with Crippen molar-refractivity contribution in [1.82, 2.24) is 20.3 Å². The van der Waals surface area contributed by atoms with Gasteiger partial charge in [0.15, 0.2) is 0 Å². The highest BCUT2D eigenvalue weighted by Crippen LogP contribution is 2.23. The highest BCUT2D eigenvalue weighted by atomic mass is 35.5. The summed E-state index contributed by atoms with van der Waals surface area (Å²) in [7, 11) is 1.46. The number of halogens is 2. The zero-order chi connectivity index (χ0) is 21.8. The summed E-state index contributed by atoms with van der Waals surface area (Å²) >= 11 is 5.92. The highest BCUT2D eigenvalue weighted by molar-refractivity contribution is 6.29. The molecule has 0 spiro atoms. The number of hydrogen-bond acceptors (Lipinski definition) is 4. The van der Waals surface area contributed by atoms with E-state index in [4.69, 9.17) is 16.3 Å². The quantitative estimate of drug-likeness (QED) is 0.422. The van der Waals surface area contributed by atoms with Crippen molar-refractivity contribution in [3.05, 3.63) is 89.0 Å². The van der Waals surface area contributed by atoms with Crippen LogP contribution in [0.2, 0.25) is 5.15 Å². The summed E-state index contributed by atoms with van der Waals surface area (Å²) in [5.74, 6) is 0.424. The number of rotatable bonds is 6. The first-order valence-electron chi connectivity index (χ1n) is 9.42. The third-order valence-corrected chi connectivity index (χ3v) is 4.85. The Balaban J connectivity index is 1.41. The number of pyridine rings is 1. The summed E-state index contributed by atoms with van der Waals surface area (Å²) in [6.07, 6.45) is 1.71. The molecule has 2 aromatic heterocycles. The standard InChI is InChI=1S/C23H18ClFN4O2/c1-31-21-11-17(10-20(24)29-21)23(30)27-12-14-2-4-16(5-3-14)22-26-13-19(28-22)15-6-8-18(25)9-7-15/h2-11,13H,12H2,1H3,(H,26,28)(H,27,30). The van der Waals surface area contributed by atoms with Gasteiger partial charge in [-0.25, -0.2) is 14.4 Å². The number of methoxy groups -OCH3 is 1. The van der Waals surface area contributed by atoms with Gasteiger partial charge in [0.2, 0.25) is 5.88 Å². The molecule has 8 heteroatoms. The van der Waals surface area contributed by atoms with Crippen LogP contribution in [0, 0.1) is 5.82 Å². The molecule has 2 aromatic carbocycles. The van der Waals surface area contributed by atoms with Crippen LogP contribution in [-0.2, 0) is 6.54 Å². The lowest BCUT2D eigenvalue weighted by Crippen LogP contribution is -2.22. The molecule has 0 unspecified atom stereocenters. The van der Waals surface area contributed by atoms with Crippen LogP contribution in [0.5, 0.6) is 5.88 Å². The first kappa shape index (κ1) is 20.6.